The van der Waals surface area contributed by atoms with Crippen LogP contribution in [0.15, 0.2) is 24.8 Å². The highest BCUT2D eigenvalue weighted by Gasteiger charge is 2.45. The third kappa shape index (κ3) is 3.97. The van der Waals surface area contributed by atoms with E-state index in [4.69, 9.17) is 10.5 Å². The number of fused-ring (bicyclic) bond motifs is 1. The zero-order valence-corrected chi connectivity index (χ0v) is 17.1. The number of nitrogen functional groups attached to an aromatic ring is 1. The Morgan fingerprint density at radius 3 is 2.81 bits per heavy atom. The Balaban J connectivity index is 1.66. The van der Waals surface area contributed by atoms with E-state index in [9.17, 15) is 20.1 Å². The molecule has 0 saturated carbocycles. The van der Waals surface area contributed by atoms with Gasteiger partial charge in [0.15, 0.2) is 6.23 Å². The number of aliphatic hydroxyl groups is 3. The van der Waals surface area contributed by atoms with E-state index in [1.54, 1.807) is 35.6 Å². The van der Waals surface area contributed by atoms with Gasteiger partial charge in [0.2, 0.25) is 5.91 Å². The number of anilines is 1. The number of aliphatic hydroxyl groups excluding tert-OH is 3. The van der Waals surface area contributed by atoms with Gasteiger partial charge in [0, 0.05) is 31.5 Å². The Morgan fingerprint density at radius 2 is 2.13 bits per heavy atom. The Hall–Kier alpha value is -3.06. The molecule has 0 bridgehead atoms. The molecule has 1 saturated heterocycles. The SMILES string of the molecule is CC(O)CNC(=O)C[C@H]1O[C@@H](n2cc(-c3ccn(C)n3)c3c(N)ncnc32)[C@H](O)[C@@H]1O. The van der Waals surface area contributed by atoms with E-state index in [1.165, 1.54) is 6.33 Å². The van der Waals surface area contributed by atoms with Crippen LogP contribution in [0.3, 0.4) is 0 Å². The van der Waals surface area contributed by atoms with Gasteiger partial charge < -0.3 is 35.7 Å². The molecule has 5 atom stereocenters. The largest absolute Gasteiger partial charge is 0.392 e. The van der Waals surface area contributed by atoms with Crippen LogP contribution in [-0.2, 0) is 16.6 Å². The molecule has 0 aliphatic carbocycles. The fraction of sp³-hybridized carbons (Fsp3) is 0.474. The quantitative estimate of drug-likeness (QED) is 0.325. The monoisotopic (exact) mass is 431 g/mol. The first-order valence-corrected chi connectivity index (χ1v) is 9.83. The van der Waals surface area contributed by atoms with Crippen molar-refractivity contribution in [2.24, 2.45) is 7.05 Å². The number of rotatable bonds is 6. The minimum absolute atomic E-state index is 0.0828. The molecule has 3 aromatic rings. The first-order chi connectivity index (χ1) is 14.8. The minimum atomic E-state index is -1.31. The van der Waals surface area contributed by atoms with Crippen molar-refractivity contribution in [3.8, 4) is 11.3 Å². The predicted octanol–water partition coefficient (Wildman–Crippen LogP) is -1.08. The Morgan fingerprint density at radius 1 is 1.35 bits per heavy atom. The number of carbonyl (C=O) groups excluding carboxylic acids is 1. The van der Waals surface area contributed by atoms with Crippen molar-refractivity contribution in [3.63, 3.8) is 0 Å². The Labute approximate surface area is 177 Å². The molecule has 4 heterocycles. The first kappa shape index (κ1) is 21.2. The lowest BCUT2D eigenvalue weighted by Gasteiger charge is -2.17. The van der Waals surface area contributed by atoms with Gasteiger partial charge >= 0.3 is 0 Å². The fourth-order valence-corrected chi connectivity index (χ4v) is 3.70. The van der Waals surface area contributed by atoms with Crippen LogP contribution in [0.1, 0.15) is 19.6 Å². The van der Waals surface area contributed by atoms with Crippen LogP contribution in [0.4, 0.5) is 5.82 Å². The summed E-state index contributed by atoms with van der Waals surface area (Å²) in [7, 11) is 1.79. The van der Waals surface area contributed by atoms with Gasteiger partial charge in [0.1, 0.15) is 30.0 Å². The maximum absolute atomic E-state index is 12.1. The van der Waals surface area contributed by atoms with Crippen molar-refractivity contribution in [2.45, 2.75) is 44.0 Å². The van der Waals surface area contributed by atoms with Crippen LogP contribution in [0.2, 0.25) is 0 Å². The summed E-state index contributed by atoms with van der Waals surface area (Å²) < 4.78 is 9.08. The Kier molecular flexibility index (Phi) is 5.62. The van der Waals surface area contributed by atoms with Crippen LogP contribution < -0.4 is 11.1 Å². The molecule has 6 N–H and O–H groups in total. The molecule has 3 aromatic heterocycles. The number of carbonyl (C=O) groups is 1. The van der Waals surface area contributed by atoms with Crippen LogP contribution in [-0.4, -0.2) is 76.5 Å². The fourth-order valence-electron chi connectivity index (χ4n) is 3.70. The zero-order chi connectivity index (χ0) is 22.3. The lowest BCUT2D eigenvalue weighted by molar-refractivity contribution is -0.126. The van der Waals surface area contributed by atoms with E-state index < -0.39 is 36.6 Å². The number of nitrogens with two attached hydrogens (primary N) is 1. The smallest absolute Gasteiger partial charge is 0.222 e. The van der Waals surface area contributed by atoms with Crippen LogP contribution >= 0.6 is 0 Å². The summed E-state index contributed by atoms with van der Waals surface area (Å²) in [6.45, 7) is 1.63. The van der Waals surface area contributed by atoms with Crippen molar-refractivity contribution >= 4 is 22.8 Å². The molecule has 1 aliphatic rings. The molecule has 0 aromatic carbocycles. The Bertz CT molecular complexity index is 1090. The molecule has 31 heavy (non-hydrogen) atoms. The molecular weight excluding hydrogens is 406 g/mol. The van der Waals surface area contributed by atoms with Gasteiger partial charge in [-0.2, -0.15) is 5.10 Å². The molecule has 12 nitrogen and oxygen atoms in total. The molecule has 1 amide bonds. The van der Waals surface area contributed by atoms with E-state index in [0.29, 0.717) is 22.3 Å². The molecule has 0 radical (unpaired) electrons. The van der Waals surface area contributed by atoms with E-state index >= 15 is 0 Å². The van der Waals surface area contributed by atoms with Crippen LogP contribution in [0, 0.1) is 0 Å². The molecule has 4 rings (SSSR count). The number of aryl methyl sites for hydroxylation is 1. The van der Waals surface area contributed by atoms with Gasteiger partial charge in [-0.1, -0.05) is 0 Å². The summed E-state index contributed by atoms with van der Waals surface area (Å²) in [5, 5.41) is 37.9. The third-order valence-corrected chi connectivity index (χ3v) is 5.22. The van der Waals surface area contributed by atoms with Gasteiger partial charge in [-0.25, -0.2) is 9.97 Å². The molecule has 1 unspecified atom stereocenters. The van der Waals surface area contributed by atoms with E-state index in [-0.39, 0.29) is 18.8 Å². The number of ether oxygens (including phenoxy) is 1. The number of nitrogens with zero attached hydrogens (tertiary/aromatic N) is 5. The molecule has 1 fully saturated rings. The molecular formula is C19H25N7O5. The average Bonchev–Trinajstić information content (AvgIpc) is 3.39. The summed E-state index contributed by atoms with van der Waals surface area (Å²) in [6.07, 6.45) is -0.643. The second-order valence-corrected chi connectivity index (χ2v) is 7.69. The normalized spacial score (nSPS) is 24.5. The van der Waals surface area contributed by atoms with E-state index in [2.05, 4.69) is 20.4 Å². The summed E-state index contributed by atoms with van der Waals surface area (Å²) in [6, 6.07) is 1.81. The standard InChI is InChI=1S/C19H25N7O5/c1-9(27)6-21-13(28)5-12-15(29)16(30)19(31-12)26-7-10(11-3-4-25(2)24-11)14-17(20)22-8-23-18(14)26/h3-4,7-9,12,15-16,19,27,29-30H,5-6H2,1-2H3,(H,21,28)(H2,20,22,23)/t9?,12-,15-,16-,19-/m1/s1. The lowest BCUT2D eigenvalue weighted by atomic mass is 10.1. The highest BCUT2D eigenvalue weighted by Crippen LogP contribution is 2.38. The summed E-state index contributed by atoms with van der Waals surface area (Å²) >= 11 is 0. The first-order valence-electron chi connectivity index (χ1n) is 9.83. The molecule has 1 aliphatic heterocycles. The topological polar surface area (TPSA) is 174 Å². The summed E-state index contributed by atoms with van der Waals surface area (Å²) in [5.41, 5.74) is 7.79. The number of amides is 1. The van der Waals surface area contributed by atoms with Gasteiger partial charge in [-0.05, 0) is 13.0 Å². The van der Waals surface area contributed by atoms with Crippen molar-refractivity contribution < 1.29 is 24.9 Å². The molecule has 166 valence electrons. The van der Waals surface area contributed by atoms with Gasteiger partial charge in [0.25, 0.3) is 0 Å². The summed E-state index contributed by atoms with van der Waals surface area (Å²) in [5.74, 6) is -0.164. The van der Waals surface area contributed by atoms with Crippen LogP contribution in [0.25, 0.3) is 22.3 Å². The number of hydrogen-bond acceptors (Lipinski definition) is 9. The minimum Gasteiger partial charge on any atom is -0.392 e. The van der Waals surface area contributed by atoms with Gasteiger partial charge in [-0.3, -0.25) is 9.48 Å². The van der Waals surface area contributed by atoms with Crippen molar-refractivity contribution in [1.82, 2.24) is 29.6 Å². The maximum Gasteiger partial charge on any atom is 0.222 e. The van der Waals surface area contributed by atoms with Crippen molar-refractivity contribution in [1.29, 1.82) is 0 Å². The van der Waals surface area contributed by atoms with Crippen molar-refractivity contribution in [2.75, 3.05) is 12.3 Å². The highest BCUT2D eigenvalue weighted by atomic mass is 16.6. The average molecular weight is 431 g/mol. The third-order valence-electron chi connectivity index (χ3n) is 5.22. The predicted molar refractivity (Wildman–Crippen MR) is 109 cm³/mol. The van der Waals surface area contributed by atoms with Crippen molar-refractivity contribution in [3.05, 3.63) is 24.8 Å². The van der Waals surface area contributed by atoms with Gasteiger partial charge in [-0.15, -0.1) is 0 Å². The highest BCUT2D eigenvalue weighted by molar-refractivity contribution is 5.99. The van der Waals surface area contributed by atoms with E-state index in [1.807, 2.05) is 6.07 Å². The second kappa shape index (κ2) is 8.23. The van der Waals surface area contributed by atoms with Gasteiger partial charge in [0.05, 0.1) is 29.7 Å². The molecule has 0 spiro atoms. The lowest BCUT2D eigenvalue weighted by Crippen LogP contribution is -2.37. The second-order valence-electron chi connectivity index (χ2n) is 7.69. The molecule has 12 heteroatoms. The summed E-state index contributed by atoms with van der Waals surface area (Å²) in [4.78, 5) is 20.4. The number of nitrogens with one attached hydrogen (secondary N) is 1. The zero-order valence-electron chi connectivity index (χ0n) is 17.1. The number of aromatic nitrogens is 5. The maximum atomic E-state index is 12.1. The van der Waals surface area contributed by atoms with E-state index in [0.717, 1.165) is 0 Å². The van der Waals surface area contributed by atoms with Crippen LogP contribution in [0.5, 0.6) is 0 Å². The number of hydrogen-bond donors (Lipinski definition) is 5.